The van der Waals surface area contributed by atoms with Crippen molar-refractivity contribution in [3.8, 4) is 0 Å². The van der Waals surface area contributed by atoms with Gasteiger partial charge in [-0.05, 0) is 55.3 Å². The molecule has 2 unspecified atom stereocenters. The molecule has 4 aromatic rings. The van der Waals surface area contributed by atoms with Gasteiger partial charge in [-0.2, -0.15) is 8.62 Å². The third-order valence-corrected chi connectivity index (χ3v) is 14.4. The minimum absolute atomic E-state index is 0.0116. The molecule has 21 nitrogen and oxygen atoms in total. The number of phosphoric ester groups is 1. The topological polar surface area (TPSA) is 314 Å². The highest BCUT2D eigenvalue weighted by molar-refractivity contribution is 7.66. The Morgan fingerprint density at radius 1 is 0.761 bits per heavy atom. The first-order valence-corrected chi connectivity index (χ1v) is 26.0. The first-order chi connectivity index (χ1) is 31.9. The van der Waals surface area contributed by atoms with Gasteiger partial charge in [-0.25, -0.2) is 18.5 Å². The fraction of sp³-hybridized carbons (Fsp3) is 0.395. The number of hydrogen-bond acceptors (Lipinski definition) is 13. The number of unbranched alkanes of at least 4 members (excludes halogenated alkanes) is 4. The van der Waals surface area contributed by atoms with Crippen molar-refractivity contribution in [3.05, 3.63) is 153 Å². The lowest BCUT2D eigenvalue weighted by Gasteiger charge is -2.37. The van der Waals surface area contributed by atoms with Crippen molar-refractivity contribution in [2.24, 2.45) is 0 Å². The van der Waals surface area contributed by atoms with Crippen LogP contribution in [-0.4, -0.2) is 77.9 Å². The van der Waals surface area contributed by atoms with Crippen LogP contribution in [0.4, 0.5) is 0 Å². The van der Waals surface area contributed by atoms with Crippen molar-refractivity contribution in [2.75, 3.05) is 19.7 Å². The molecule has 24 heteroatoms. The van der Waals surface area contributed by atoms with E-state index >= 15 is 0 Å². The molecule has 5 rings (SSSR count). The molecule has 0 spiro atoms. The standard InChI is InChI=1S/C43H56N5O16P3/c49-36-29-40(62-37(36)31-61-66(57,58)64-67(59,60)63-65(54,55)56)48-30-32(41(52)47-42(48)53)17-16-27-45-39(51)24-12-4-14-26-44-38(50)25-13-5-15-28-46-43(33-18-6-1-7-19-33,34-20-8-2-9-21-34)35-22-10-3-11-23-35/h1-3,6-11,16,18-23,27,30,36-37,40,46,49H,4-5,12-15,17,24-26,28-29,31H2,(H,44,50)(H,45,51)(H,57,58)(H,59,60)(H,47,52,53)(H2,54,55,56)/t36-,37+,40+/m0/s1. The zero-order valence-electron chi connectivity index (χ0n) is 36.3. The Bertz CT molecular complexity index is 2430. The molecule has 0 aliphatic carbocycles. The van der Waals surface area contributed by atoms with Crippen LogP contribution in [0.5, 0.6) is 0 Å². The van der Waals surface area contributed by atoms with Gasteiger partial charge in [-0.1, -0.05) is 110 Å². The molecule has 3 aromatic carbocycles. The third-order valence-electron chi connectivity index (χ3n) is 10.6. The van der Waals surface area contributed by atoms with Crippen molar-refractivity contribution >= 4 is 35.3 Å². The number of nitrogens with one attached hydrogen (secondary N) is 4. The first-order valence-electron chi connectivity index (χ1n) is 21.5. The van der Waals surface area contributed by atoms with E-state index in [1.807, 2.05) is 18.2 Å². The third kappa shape index (κ3) is 16.8. The largest absolute Gasteiger partial charge is 0.490 e. The van der Waals surface area contributed by atoms with Gasteiger partial charge in [0.2, 0.25) is 11.8 Å². The fourth-order valence-electron chi connectivity index (χ4n) is 7.44. The molecule has 9 N–H and O–H groups in total. The van der Waals surface area contributed by atoms with Gasteiger partial charge in [0.15, 0.2) is 0 Å². The number of nitrogens with zero attached hydrogens (tertiary/aromatic N) is 1. The van der Waals surface area contributed by atoms with E-state index in [0.717, 1.165) is 47.1 Å². The van der Waals surface area contributed by atoms with Crippen molar-refractivity contribution < 1.29 is 65.8 Å². The van der Waals surface area contributed by atoms with Crippen molar-refractivity contribution in [1.82, 2.24) is 25.5 Å². The Balaban J connectivity index is 0.959. The number of allylic oxidation sites excluding steroid dienone is 1. The average Bonchev–Trinajstić information content (AvgIpc) is 3.65. The number of benzene rings is 3. The Labute approximate surface area is 386 Å². The summed E-state index contributed by atoms with van der Waals surface area (Å²) < 4.78 is 52.7. The molecule has 67 heavy (non-hydrogen) atoms. The zero-order valence-corrected chi connectivity index (χ0v) is 39.0. The Kier molecular flexibility index (Phi) is 19.9. The van der Waals surface area contributed by atoms with Gasteiger partial charge in [0.25, 0.3) is 5.56 Å². The molecule has 2 heterocycles. The minimum atomic E-state index is -5.77. The number of aromatic amines is 1. The Morgan fingerprint density at radius 2 is 1.31 bits per heavy atom. The molecule has 1 aliphatic heterocycles. The smallest absolute Gasteiger partial charge is 0.390 e. The number of aliphatic hydroxyl groups excluding tert-OH is 1. The van der Waals surface area contributed by atoms with E-state index < -0.39 is 65.3 Å². The molecule has 5 atom stereocenters. The van der Waals surface area contributed by atoms with Gasteiger partial charge in [0, 0.05) is 43.8 Å². The highest BCUT2D eigenvalue weighted by Crippen LogP contribution is 2.66. The second-order valence-electron chi connectivity index (χ2n) is 15.6. The van der Waals surface area contributed by atoms with Gasteiger partial charge in [0.05, 0.1) is 18.2 Å². The monoisotopic (exact) mass is 991 g/mol. The normalized spacial score (nSPS) is 18.3. The number of aliphatic hydroxyl groups is 1. The number of H-pyrrole nitrogens is 1. The summed E-state index contributed by atoms with van der Waals surface area (Å²) in [7, 11) is -16.9. The highest BCUT2D eigenvalue weighted by Gasteiger charge is 2.43. The summed E-state index contributed by atoms with van der Waals surface area (Å²) in [5, 5.41) is 19.9. The maximum Gasteiger partial charge on any atom is 0.490 e. The number of amides is 2. The number of rotatable bonds is 27. The van der Waals surface area contributed by atoms with Crippen LogP contribution in [0.25, 0.3) is 0 Å². The van der Waals surface area contributed by atoms with E-state index in [9.17, 15) is 47.8 Å². The molecule has 2 amide bonds. The van der Waals surface area contributed by atoms with Crippen LogP contribution in [0.1, 0.15) is 86.3 Å². The summed E-state index contributed by atoms with van der Waals surface area (Å²) in [6, 6.07) is 31.2. The molecule has 1 saturated heterocycles. The molecular formula is C43H56N5O16P3. The SMILES string of the molecule is O=C(CCCCCNC(=O)CCCCCNC(c1ccccc1)(c1ccccc1)c1ccccc1)NC=CCc1cn([C@H]2C[C@H](O)[C@@H](COP(=O)(O)OP(=O)(O)OP(=O)(O)O)O2)c(=O)[nH]c1=O. The molecule has 1 fully saturated rings. The van der Waals surface area contributed by atoms with Crippen LogP contribution >= 0.6 is 23.5 Å². The quantitative estimate of drug-likeness (QED) is 0.0225. The van der Waals surface area contributed by atoms with Crippen molar-refractivity contribution in [2.45, 2.75) is 88.2 Å². The Morgan fingerprint density at radius 3 is 1.88 bits per heavy atom. The molecular weight excluding hydrogens is 935 g/mol. The van der Waals surface area contributed by atoms with Crippen LogP contribution < -0.4 is 27.2 Å². The van der Waals surface area contributed by atoms with Gasteiger partial charge >= 0.3 is 29.2 Å². The number of carbonyl (C=O) groups excluding carboxylic acids is 2. The van der Waals surface area contributed by atoms with Crippen molar-refractivity contribution in [3.63, 3.8) is 0 Å². The lowest BCUT2D eigenvalue weighted by atomic mass is 9.77. The van der Waals surface area contributed by atoms with Crippen molar-refractivity contribution in [1.29, 1.82) is 0 Å². The maximum absolute atomic E-state index is 12.6. The molecule has 1 aliphatic rings. The molecule has 0 radical (unpaired) electrons. The second-order valence-corrected chi connectivity index (χ2v) is 20.0. The van der Waals surface area contributed by atoms with E-state index in [0.29, 0.717) is 32.2 Å². The summed E-state index contributed by atoms with van der Waals surface area (Å²) in [6.45, 7) is 0.298. The van der Waals surface area contributed by atoms with Crippen LogP contribution in [0.3, 0.4) is 0 Å². The van der Waals surface area contributed by atoms with Crippen LogP contribution in [0.2, 0.25) is 0 Å². The van der Waals surface area contributed by atoms with Gasteiger partial charge in [-0.15, -0.1) is 0 Å². The predicted octanol–water partition coefficient (Wildman–Crippen LogP) is 4.52. The second kappa shape index (κ2) is 25.1. The Hall–Kier alpha value is -4.69. The summed E-state index contributed by atoms with van der Waals surface area (Å²) in [6.07, 6.45) is 4.83. The summed E-state index contributed by atoms with van der Waals surface area (Å²) in [4.78, 5) is 88.4. The number of aromatic nitrogens is 2. The van der Waals surface area contributed by atoms with E-state index in [2.05, 4.69) is 107 Å². The van der Waals surface area contributed by atoms with Gasteiger partial charge < -0.3 is 40.1 Å². The van der Waals surface area contributed by atoms with Gasteiger partial charge in [-0.3, -0.25) is 33.8 Å². The summed E-state index contributed by atoms with van der Waals surface area (Å²) >= 11 is 0. The van der Waals surface area contributed by atoms with E-state index in [-0.39, 0.29) is 36.6 Å². The molecule has 1 aromatic heterocycles. The summed E-state index contributed by atoms with van der Waals surface area (Å²) in [5.74, 6) is -0.278. The lowest BCUT2D eigenvalue weighted by molar-refractivity contribution is -0.121. The minimum Gasteiger partial charge on any atom is -0.390 e. The first kappa shape index (κ1) is 53.3. The van der Waals surface area contributed by atoms with Crippen LogP contribution in [0, 0.1) is 0 Å². The predicted molar refractivity (Wildman–Crippen MR) is 244 cm³/mol. The van der Waals surface area contributed by atoms with Crippen LogP contribution in [-0.2, 0) is 53.1 Å². The van der Waals surface area contributed by atoms with E-state index in [1.54, 1.807) is 0 Å². The van der Waals surface area contributed by atoms with E-state index in [4.69, 9.17) is 14.5 Å². The number of hydrogen-bond donors (Lipinski definition) is 9. The molecule has 364 valence electrons. The molecule has 0 saturated carbocycles. The number of ether oxygens (including phenoxy) is 1. The maximum atomic E-state index is 12.6. The van der Waals surface area contributed by atoms with E-state index in [1.165, 1.54) is 18.5 Å². The lowest BCUT2D eigenvalue weighted by Crippen LogP contribution is -2.45. The summed E-state index contributed by atoms with van der Waals surface area (Å²) in [5.41, 5.74) is 1.34. The molecule has 0 bridgehead atoms. The fourth-order valence-corrected chi connectivity index (χ4v) is 10.5. The van der Waals surface area contributed by atoms with Crippen LogP contribution in [0.15, 0.2) is 119 Å². The number of phosphoric acid groups is 3. The van der Waals surface area contributed by atoms with Gasteiger partial charge in [0.1, 0.15) is 12.3 Å². The average molecular weight is 992 g/mol. The highest BCUT2D eigenvalue weighted by atomic mass is 31.3. The number of carbonyl (C=O) groups is 2. The zero-order chi connectivity index (χ0) is 48.5.